The van der Waals surface area contributed by atoms with Crippen LogP contribution in [0.1, 0.15) is 44.7 Å². The van der Waals surface area contributed by atoms with Crippen molar-refractivity contribution in [3.05, 3.63) is 88.9 Å². The number of esters is 1. The Morgan fingerprint density at radius 3 is 2.06 bits per heavy atom. The number of rotatable bonds is 6. The van der Waals surface area contributed by atoms with Gasteiger partial charge in [0.1, 0.15) is 5.60 Å². The zero-order valence-electron chi connectivity index (χ0n) is 20.7. The molecule has 0 saturated heterocycles. The van der Waals surface area contributed by atoms with Crippen LogP contribution in [-0.2, 0) is 19.9 Å². The molecular weight excluding hydrogens is 472 g/mol. The fourth-order valence-electron chi connectivity index (χ4n) is 3.86. The number of amides is 1. The van der Waals surface area contributed by atoms with E-state index in [9.17, 15) is 9.59 Å². The predicted molar refractivity (Wildman–Crippen MR) is 144 cm³/mol. The molecule has 6 heteroatoms. The second-order valence-electron chi connectivity index (χ2n) is 9.89. The van der Waals surface area contributed by atoms with Gasteiger partial charge in [-0.25, -0.2) is 0 Å². The number of anilines is 1. The van der Waals surface area contributed by atoms with Gasteiger partial charge in [0, 0.05) is 27.7 Å². The SMILES string of the molecule is CC(C)(C)OC(=O)CNC1(c2ccc(C#CC(=O)Nc3ccc(-c4ccc(Cl)cc4)cc3)cc2)CC1. The first kappa shape index (κ1) is 25.5. The summed E-state index contributed by atoms with van der Waals surface area (Å²) >= 11 is 5.95. The maximum Gasteiger partial charge on any atom is 0.320 e. The molecule has 3 aromatic carbocycles. The fraction of sp³-hybridized carbons (Fsp3) is 0.267. The van der Waals surface area contributed by atoms with Gasteiger partial charge >= 0.3 is 11.9 Å². The number of nitrogens with one attached hydrogen (secondary N) is 2. The van der Waals surface area contributed by atoms with Crippen molar-refractivity contribution in [3.63, 3.8) is 0 Å². The molecule has 1 saturated carbocycles. The van der Waals surface area contributed by atoms with Crippen molar-refractivity contribution < 1.29 is 14.3 Å². The van der Waals surface area contributed by atoms with Crippen LogP contribution in [0.3, 0.4) is 0 Å². The second kappa shape index (κ2) is 10.6. The Hall–Kier alpha value is -3.59. The standard InChI is InChI=1S/C30H29ClN2O3/c1-29(2,3)36-28(35)20-32-30(18-19-30)24-11-4-21(5-12-24)6-17-27(34)33-26-15-9-23(10-16-26)22-7-13-25(31)14-8-22/h4-5,7-16,32H,18-20H2,1-3H3,(H,33,34). The van der Waals surface area contributed by atoms with Crippen LogP contribution in [0.5, 0.6) is 0 Å². The van der Waals surface area contributed by atoms with E-state index in [0.29, 0.717) is 10.7 Å². The molecule has 0 bridgehead atoms. The Morgan fingerprint density at radius 2 is 1.50 bits per heavy atom. The van der Waals surface area contributed by atoms with E-state index in [4.69, 9.17) is 16.3 Å². The Balaban J connectivity index is 1.31. The molecule has 36 heavy (non-hydrogen) atoms. The molecule has 1 aliphatic carbocycles. The van der Waals surface area contributed by atoms with Gasteiger partial charge in [-0.2, -0.15) is 0 Å². The lowest BCUT2D eigenvalue weighted by Gasteiger charge is -2.22. The van der Waals surface area contributed by atoms with Crippen LogP contribution in [0.25, 0.3) is 11.1 Å². The van der Waals surface area contributed by atoms with Crippen LogP contribution in [0.4, 0.5) is 5.69 Å². The number of hydrogen-bond donors (Lipinski definition) is 2. The van der Waals surface area contributed by atoms with Gasteiger partial charge in [-0.1, -0.05) is 53.9 Å². The van der Waals surface area contributed by atoms with Crippen LogP contribution in [0.15, 0.2) is 72.8 Å². The van der Waals surface area contributed by atoms with Crippen molar-refractivity contribution >= 4 is 29.2 Å². The average molecular weight is 501 g/mol. The fourth-order valence-corrected chi connectivity index (χ4v) is 3.99. The van der Waals surface area contributed by atoms with Crippen molar-refractivity contribution in [3.8, 4) is 23.0 Å². The minimum Gasteiger partial charge on any atom is -0.459 e. The van der Waals surface area contributed by atoms with Crippen molar-refractivity contribution in [2.24, 2.45) is 0 Å². The van der Waals surface area contributed by atoms with Gasteiger partial charge in [0.2, 0.25) is 0 Å². The summed E-state index contributed by atoms with van der Waals surface area (Å²) in [5.41, 5.74) is 3.91. The van der Waals surface area contributed by atoms with Gasteiger partial charge in [-0.3, -0.25) is 14.9 Å². The Labute approximate surface area is 217 Å². The Morgan fingerprint density at radius 1 is 0.917 bits per heavy atom. The summed E-state index contributed by atoms with van der Waals surface area (Å²) in [5.74, 6) is 4.92. The van der Waals surface area contributed by atoms with Crippen molar-refractivity contribution in [2.75, 3.05) is 11.9 Å². The number of carbonyl (C=O) groups is 2. The van der Waals surface area contributed by atoms with Crippen LogP contribution in [-0.4, -0.2) is 24.0 Å². The molecule has 5 nitrogen and oxygen atoms in total. The quantitative estimate of drug-likeness (QED) is 0.326. The molecule has 0 unspecified atom stereocenters. The van der Waals surface area contributed by atoms with Gasteiger partial charge in [0.15, 0.2) is 0 Å². The lowest BCUT2D eigenvalue weighted by Crippen LogP contribution is -2.37. The van der Waals surface area contributed by atoms with E-state index in [1.54, 1.807) is 0 Å². The molecule has 2 N–H and O–H groups in total. The molecule has 3 aromatic rings. The number of hydrogen-bond acceptors (Lipinski definition) is 4. The molecule has 184 valence electrons. The third-order valence-corrected chi connectivity index (χ3v) is 6.07. The summed E-state index contributed by atoms with van der Waals surface area (Å²) in [7, 11) is 0. The van der Waals surface area contributed by atoms with Crippen molar-refractivity contribution in [1.29, 1.82) is 0 Å². The van der Waals surface area contributed by atoms with E-state index < -0.39 is 5.60 Å². The summed E-state index contributed by atoms with van der Waals surface area (Å²) in [4.78, 5) is 24.4. The highest BCUT2D eigenvalue weighted by Gasteiger charge is 2.44. The van der Waals surface area contributed by atoms with Gasteiger partial charge < -0.3 is 10.1 Å². The highest BCUT2D eigenvalue weighted by atomic mass is 35.5. The lowest BCUT2D eigenvalue weighted by atomic mass is 10.0. The maximum atomic E-state index is 12.3. The molecule has 0 heterocycles. The zero-order chi connectivity index (χ0) is 25.8. The number of halogens is 1. The Bertz CT molecular complexity index is 1290. The van der Waals surface area contributed by atoms with E-state index in [2.05, 4.69) is 22.5 Å². The molecular formula is C30H29ClN2O3. The summed E-state index contributed by atoms with van der Waals surface area (Å²) in [6.07, 6.45) is 1.92. The topological polar surface area (TPSA) is 67.4 Å². The molecule has 1 amide bonds. The molecule has 1 aliphatic rings. The summed E-state index contributed by atoms with van der Waals surface area (Å²) in [5, 5.41) is 6.84. The lowest BCUT2D eigenvalue weighted by molar-refractivity contribution is -0.153. The monoisotopic (exact) mass is 500 g/mol. The Kier molecular flexibility index (Phi) is 7.49. The summed E-state index contributed by atoms with van der Waals surface area (Å²) < 4.78 is 5.38. The van der Waals surface area contributed by atoms with Gasteiger partial charge in [0.05, 0.1) is 6.54 Å². The van der Waals surface area contributed by atoms with Crippen molar-refractivity contribution in [2.45, 2.75) is 44.8 Å². The average Bonchev–Trinajstić information content (AvgIpc) is 3.63. The van der Waals surface area contributed by atoms with Crippen LogP contribution in [0.2, 0.25) is 5.02 Å². The van der Waals surface area contributed by atoms with Crippen molar-refractivity contribution in [1.82, 2.24) is 5.32 Å². The first-order chi connectivity index (χ1) is 17.1. The second-order valence-corrected chi connectivity index (χ2v) is 10.3. The zero-order valence-corrected chi connectivity index (χ0v) is 21.4. The third-order valence-electron chi connectivity index (χ3n) is 5.82. The summed E-state index contributed by atoms with van der Waals surface area (Å²) in [6.45, 7) is 5.74. The molecule has 1 fully saturated rings. The van der Waals surface area contributed by atoms with E-state index >= 15 is 0 Å². The minimum atomic E-state index is -0.497. The molecule has 0 radical (unpaired) electrons. The first-order valence-electron chi connectivity index (χ1n) is 11.9. The van der Waals surface area contributed by atoms with E-state index in [1.165, 1.54) is 0 Å². The highest BCUT2D eigenvalue weighted by molar-refractivity contribution is 6.30. The number of carbonyl (C=O) groups excluding carboxylic acids is 2. The first-order valence-corrected chi connectivity index (χ1v) is 12.3. The smallest absolute Gasteiger partial charge is 0.320 e. The van der Waals surface area contributed by atoms with Gasteiger partial charge in [-0.05, 0) is 86.7 Å². The van der Waals surface area contributed by atoms with Crippen LogP contribution in [0, 0.1) is 11.8 Å². The van der Waals surface area contributed by atoms with Crippen LogP contribution >= 0.6 is 11.6 Å². The molecule has 0 spiro atoms. The normalized spacial score (nSPS) is 13.8. The maximum absolute atomic E-state index is 12.3. The summed E-state index contributed by atoms with van der Waals surface area (Å²) in [6, 6.07) is 22.9. The third kappa shape index (κ3) is 6.97. The number of ether oxygens (including phenoxy) is 1. The van der Waals surface area contributed by atoms with Crippen LogP contribution < -0.4 is 10.6 Å². The minimum absolute atomic E-state index is 0.166. The molecule has 0 atom stereocenters. The number of benzene rings is 3. The highest BCUT2D eigenvalue weighted by Crippen LogP contribution is 2.45. The van der Waals surface area contributed by atoms with E-state index in [-0.39, 0.29) is 24.0 Å². The molecule has 4 rings (SSSR count). The van der Waals surface area contributed by atoms with E-state index in [0.717, 1.165) is 35.1 Å². The van der Waals surface area contributed by atoms with Gasteiger partial charge in [-0.15, -0.1) is 0 Å². The largest absolute Gasteiger partial charge is 0.459 e. The van der Waals surface area contributed by atoms with E-state index in [1.807, 2.05) is 93.6 Å². The molecule has 0 aromatic heterocycles. The predicted octanol–water partition coefficient (Wildman–Crippen LogP) is 5.92. The molecule has 0 aliphatic heterocycles. The van der Waals surface area contributed by atoms with Gasteiger partial charge in [0.25, 0.3) is 0 Å².